The molecule has 1 saturated carbocycles. The molecule has 1 aromatic rings. The maximum atomic E-state index is 4.76. The highest BCUT2D eigenvalue weighted by Gasteiger charge is 2.31. The molecule has 2 heterocycles. The first-order valence-corrected chi connectivity index (χ1v) is 8.54. The van der Waals surface area contributed by atoms with Crippen molar-refractivity contribution in [2.75, 3.05) is 30.0 Å². The molecule has 2 aliphatic rings. The predicted octanol–water partition coefficient (Wildman–Crippen LogP) is 3.40. The van der Waals surface area contributed by atoms with Crippen molar-refractivity contribution in [3.63, 3.8) is 0 Å². The monoisotopic (exact) mass is 292 g/mol. The fourth-order valence-corrected chi connectivity index (χ4v) is 3.96. The molecule has 2 fully saturated rings. The van der Waals surface area contributed by atoms with Crippen molar-refractivity contribution in [2.45, 2.75) is 50.2 Å². The SMILES string of the molecule is CNc1nc(C2CC2)nc(NCC2(C)CCCS2)c1C. The van der Waals surface area contributed by atoms with Crippen molar-refractivity contribution in [1.29, 1.82) is 0 Å². The van der Waals surface area contributed by atoms with Gasteiger partial charge >= 0.3 is 0 Å². The Morgan fingerprint density at radius 3 is 2.65 bits per heavy atom. The van der Waals surface area contributed by atoms with Crippen LogP contribution in [0.5, 0.6) is 0 Å². The van der Waals surface area contributed by atoms with Crippen LogP contribution in [-0.2, 0) is 0 Å². The quantitative estimate of drug-likeness (QED) is 0.871. The summed E-state index contributed by atoms with van der Waals surface area (Å²) >= 11 is 2.08. The molecule has 1 atom stereocenters. The lowest BCUT2D eigenvalue weighted by Crippen LogP contribution is -2.28. The van der Waals surface area contributed by atoms with E-state index in [0.29, 0.717) is 10.7 Å². The van der Waals surface area contributed by atoms with Crippen molar-refractivity contribution in [3.8, 4) is 0 Å². The number of aromatic nitrogens is 2. The number of anilines is 2. The van der Waals surface area contributed by atoms with E-state index in [9.17, 15) is 0 Å². The van der Waals surface area contributed by atoms with Crippen molar-refractivity contribution in [1.82, 2.24) is 9.97 Å². The second-order valence-corrected chi connectivity index (χ2v) is 7.87. The first-order valence-electron chi connectivity index (χ1n) is 7.55. The second-order valence-electron chi connectivity index (χ2n) is 6.18. The summed E-state index contributed by atoms with van der Waals surface area (Å²) in [6.45, 7) is 5.44. The van der Waals surface area contributed by atoms with Gasteiger partial charge in [0, 0.05) is 29.8 Å². The smallest absolute Gasteiger partial charge is 0.136 e. The second kappa shape index (κ2) is 5.43. The Bertz CT molecular complexity index is 493. The fourth-order valence-electron chi connectivity index (χ4n) is 2.72. The van der Waals surface area contributed by atoms with Gasteiger partial charge in [0.25, 0.3) is 0 Å². The van der Waals surface area contributed by atoms with Gasteiger partial charge in [-0.1, -0.05) is 0 Å². The van der Waals surface area contributed by atoms with Crippen molar-refractivity contribution >= 4 is 23.4 Å². The van der Waals surface area contributed by atoms with Crippen LogP contribution in [0.1, 0.15) is 49.9 Å². The Morgan fingerprint density at radius 2 is 2.05 bits per heavy atom. The molecule has 0 bridgehead atoms. The third-order valence-corrected chi connectivity index (χ3v) is 5.81. The zero-order valence-corrected chi connectivity index (χ0v) is 13.4. The molecule has 4 nitrogen and oxygen atoms in total. The standard InChI is InChI=1S/C15H24N4S/c1-10-12(16-3)18-14(11-5-6-11)19-13(10)17-9-15(2)7-4-8-20-15/h11H,4-9H2,1-3H3,(H2,16,17,18,19). The summed E-state index contributed by atoms with van der Waals surface area (Å²) in [6.07, 6.45) is 5.10. The van der Waals surface area contributed by atoms with E-state index in [2.05, 4.69) is 41.2 Å². The minimum absolute atomic E-state index is 0.358. The Balaban J connectivity index is 1.78. The number of hydrogen-bond donors (Lipinski definition) is 2. The molecular formula is C15H24N4S. The number of hydrogen-bond acceptors (Lipinski definition) is 5. The Morgan fingerprint density at radius 1 is 1.30 bits per heavy atom. The van der Waals surface area contributed by atoms with E-state index >= 15 is 0 Å². The van der Waals surface area contributed by atoms with Crippen molar-refractivity contribution in [3.05, 3.63) is 11.4 Å². The van der Waals surface area contributed by atoms with Gasteiger partial charge in [-0.15, -0.1) is 0 Å². The maximum absolute atomic E-state index is 4.76. The van der Waals surface area contributed by atoms with Gasteiger partial charge in [0.1, 0.15) is 17.5 Å². The molecular weight excluding hydrogens is 268 g/mol. The van der Waals surface area contributed by atoms with Crippen LogP contribution in [0.4, 0.5) is 11.6 Å². The van der Waals surface area contributed by atoms with Gasteiger partial charge in [-0.3, -0.25) is 0 Å². The van der Waals surface area contributed by atoms with Gasteiger partial charge in [0.15, 0.2) is 0 Å². The van der Waals surface area contributed by atoms with Gasteiger partial charge in [0.2, 0.25) is 0 Å². The highest BCUT2D eigenvalue weighted by atomic mass is 32.2. The van der Waals surface area contributed by atoms with Crippen molar-refractivity contribution < 1.29 is 0 Å². The number of thioether (sulfide) groups is 1. The largest absolute Gasteiger partial charge is 0.373 e. The van der Waals surface area contributed by atoms with Crippen LogP contribution in [0, 0.1) is 6.92 Å². The van der Waals surface area contributed by atoms with Crippen molar-refractivity contribution in [2.24, 2.45) is 0 Å². The Labute approximate surface area is 125 Å². The average molecular weight is 292 g/mol. The molecule has 1 aromatic heterocycles. The predicted molar refractivity (Wildman–Crippen MR) is 86.9 cm³/mol. The van der Waals surface area contributed by atoms with Gasteiger partial charge in [-0.25, -0.2) is 9.97 Å². The molecule has 0 spiro atoms. The number of rotatable bonds is 5. The van der Waals surface area contributed by atoms with E-state index < -0.39 is 0 Å². The third kappa shape index (κ3) is 2.87. The molecule has 20 heavy (non-hydrogen) atoms. The summed E-state index contributed by atoms with van der Waals surface area (Å²) in [5.41, 5.74) is 1.13. The van der Waals surface area contributed by atoms with Gasteiger partial charge in [-0.2, -0.15) is 11.8 Å². The maximum Gasteiger partial charge on any atom is 0.136 e. The van der Waals surface area contributed by atoms with Gasteiger partial charge < -0.3 is 10.6 Å². The molecule has 1 unspecified atom stereocenters. The lowest BCUT2D eigenvalue weighted by atomic mass is 10.1. The summed E-state index contributed by atoms with van der Waals surface area (Å²) in [7, 11) is 1.93. The number of nitrogens with one attached hydrogen (secondary N) is 2. The summed E-state index contributed by atoms with van der Waals surface area (Å²) in [5, 5.41) is 6.78. The van der Waals surface area contributed by atoms with Crippen LogP contribution in [0.3, 0.4) is 0 Å². The summed E-state index contributed by atoms with van der Waals surface area (Å²) < 4.78 is 0.358. The number of nitrogens with zero attached hydrogens (tertiary/aromatic N) is 2. The van der Waals surface area contributed by atoms with Crippen LogP contribution in [-0.4, -0.2) is 34.1 Å². The Kier molecular flexibility index (Phi) is 3.80. The summed E-state index contributed by atoms with van der Waals surface area (Å²) in [6, 6.07) is 0. The molecule has 2 N–H and O–H groups in total. The van der Waals surface area contributed by atoms with E-state index in [-0.39, 0.29) is 0 Å². The van der Waals surface area contributed by atoms with E-state index in [1.54, 1.807) is 0 Å². The molecule has 1 saturated heterocycles. The van der Waals surface area contributed by atoms with Crippen LogP contribution in [0.15, 0.2) is 0 Å². The fraction of sp³-hybridized carbons (Fsp3) is 0.733. The first-order chi connectivity index (χ1) is 9.61. The van der Waals surface area contributed by atoms with E-state index in [1.165, 1.54) is 31.4 Å². The Hall–Kier alpha value is -0.970. The topological polar surface area (TPSA) is 49.8 Å². The van der Waals surface area contributed by atoms with E-state index in [0.717, 1.165) is 29.6 Å². The molecule has 0 radical (unpaired) electrons. The van der Waals surface area contributed by atoms with Gasteiger partial charge in [-0.05, 0) is 45.3 Å². The lowest BCUT2D eigenvalue weighted by molar-refractivity contribution is 0.633. The zero-order chi connectivity index (χ0) is 14.2. The van der Waals surface area contributed by atoms with E-state index in [1.807, 2.05) is 7.05 Å². The normalized spacial score (nSPS) is 25.8. The third-order valence-electron chi connectivity index (χ3n) is 4.27. The van der Waals surface area contributed by atoms with Gasteiger partial charge in [0.05, 0.1) is 0 Å². The highest BCUT2D eigenvalue weighted by molar-refractivity contribution is 8.00. The first kappa shape index (κ1) is 14.0. The van der Waals surface area contributed by atoms with Crippen LogP contribution < -0.4 is 10.6 Å². The average Bonchev–Trinajstić information content (AvgIpc) is 3.20. The molecule has 1 aliphatic carbocycles. The molecule has 1 aliphatic heterocycles. The lowest BCUT2D eigenvalue weighted by Gasteiger charge is -2.24. The molecule has 3 rings (SSSR count). The van der Waals surface area contributed by atoms with Crippen LogP contribution >= 0.6 is 11.8 Å². The van der Waals surface area contributed by atoms with E-state index in [4.69, 9.17) is 4.98 Å². The van der Waals surface area contributed by atoms with Crippen LogP contribution in [0.2, 0.25) is 0 Å². The zero-order valence-electron chi connectivity index (χ0n) is 12.6. The minimum Gasteiger partial charge on any atom is -0.373 e. The highest BCUT2D eigenvalue weighted by Crippen LogP contribution is 2.40. The molecule has 110 valence electrons. The molecule has 0 amide bonds. The summed E-state index contributed by atoms with van der Waals surface area (Å²) in [5.74, 6) is 4.86. The van der Waals surface area contributed by atoms with Crippen LogP contribution in [0.25, 0.3) is 0 Å². The molecule has 5 heteroatoms. The molecule has 0 aromatic carbocycles. The summed E-state index contributed by atoms with van der Waals surface area (Å²) in [4.78, 5) is 9.41. The minimum atomic E-state index is 0.358.